The minimum atomic E-state index is -3.35. The van der Waals surface area contributed by atoms with Crippen LogP contribution in [0.4, 0.5) is 25.0 Å². The van der Waals surface area contributed by atoms with Crippen molar-refractivity contribution in [2.45, 2.75) is 6.10 Å². The number of halogens is 2. The van der Waals surface area contributed by atoms with Crippen molar-refractivity contribution in [1.29, 1.82) is 0 Å². The molecule has 166 valence electrons. The molecule has 30 heavy (non-hydrogen) atoms. The van der Waals surface area contributed by atoms with Crippen LogP contribution in [0.2, 0.25) is 0 Å². The van der Waals surface area contributed by atoms with Crippen LogP contribution in [-0.4, -0.2) is 82.7 Å². The topological polar surface area (TPSA) is 91.4 Å². The summed E-state index contributed by atoms with van der Waals surface area (Å²) < 4.78 is 64.0. The van der Waals surface area contributed by atoms with Gasteiger partial charge in [0, 0.05) is 38.3 Å². The van der Waals surface area contributed by atoms with E-state index in [1.807, 2.05) is 0 Å². The summed E-state index contributed by atoms with van der Waals surface area (Å²) >= 11 is 4.85. The SMILES string of the molecule is COC(=S)NC[C@H]1CN(c2cc(F)c(N3CCN(S(C)(=O)=O)CC3)c(F)c2)C(=O)O1. The molecule has 3 rings (SSSR count). The van der Waals surface area contributed by atoms with Gasteiger partial charge in [0.25, 0.3) is 5.17 Å². The number of piperazine rings is 1. The quantitative estimate of drug-likeness (QED) is 0.643. The predicted octanol–water partition coefficient (Wildman–Crippen LogP) is 0.893. The number of benzene rings is 1. The molecular formula is C17H22F2N4O5S2. The van der Waals surface area contributed by atoms with Gasteiger partial charge in [0.1, 0.15) is 11.8 Å². The second-order valence-corrected chi connectivity index (χ2v) is 9.25. The van der Waals surface area contributed by atoms with E-state index in [4.69, 9.17) is 21.7 Å². The van der Waals surface area contributed by atoms with Crippen LogP contribution in [0.15, 0.2) is 12.1 Å². The van der Waals surface area contributed by atoms with E-state index in [2.05, 4.69) is 5.32 Å². The zero-order valence-corrected chi connectivity index (χ0v) is 18.1. The number of rotatable bonds is 5. The third kappa shape index (κ3) is 4.90. The third-order valence-corrected chi connectivity index (χ3v) is 6.48. The molecule has 2 saturated heterocycles. The molecule has 1 atom stereocenters. The lowest BCUT2D eigenvalue weighted by atomic mass is 10.2. The lowest BCUT2D eigenvalue weighted by Crippen LogP contribution is -2.48. The number of anilines is 2. The number of methoxy groups -OCH3 is 1. The first-order valence-corrected chi connectivity index (χ1v) is 11.3. The van der Waals surface area contributed by atoms with Crippen LogP contribution < -0.4 is 15.1 Å². The molecule has 0 spiro atoms. The first-order chi connectivity index (χ1) is 14.1. The van der Waals surface area contributed by atoms with Crippen LogP contribution in [0.25, 0.3) is 0 Å². The molecule has 1 N–H and O–H groups in total. The first kappa shape index (κ1) is 22.4. The predicted molar refractivity (Wildman–Crippen MR) is 110 cm³/mol. The number of ether oxygens (including phenoxy) is 2. The van der Waals surface area contributed by atoms with E-state index in [1.165, 1.54) is 16.3 Å². The number of nitrogens with zero attached hydrogens (tertiary/aromatic N) is 3. The molecule has 2 aliphatic heterocycles. The van der Waals surface area contributed by atoms with Crippen molar-refractivity contribution in [2.75, 3.05) is 62.4 Å². The van der Waals surface area contributed by atoms with E-state index in [1.54, 1.807) is 0 Å². The number of carbonyl (C=O) groups excluding carboxylic acids is 1. The zero-order chi connectivity index (χ0) is 22.1. The summed E-state index contributed by atoms with van der Waals surface area (Å²) in [5, 5.41) is 2.90. The van der Waals surface area contributed by atoms with E-state index in [9.17, 15) is 22.0 Å². The van der Waals surface area contributed by atoms with Gasteiger partial charge in [0.15, 0.2) is 11.6 Å². The van der Waals surface area contributed by atoms with Crippen LogP contribution in [0.5, 0.6) is 0 Å². The van der Waals surface area contributed by atoms with Gasteiger partial charge in [-0.15, -0.1) is 0 Å². The van der Waals surface area contributed by atoms with Gasteiger partial charge in [-0.1, -0.05) is 0 Å². The second kappa shape index (κ2) is 8.86. The van der Waals surface area contributed by atoms with Gasteiger partial charge in [-0.25, -0.2) is 22.0 Å². The zero-order valence-electron chi connectivity index (χ0n) is 16.4. The lowest BCUT2D eigenvalue weighted by Gasteiger charge is -2.35. The van der Waals surface area contributed by atoms with Gasteiger partial charge in [0.05, 0.1) is 32.1 Å². The van der Waals surface area contributed by atoms with Crippen molar-refractivity contribution in [1.82, 2.24) is 9.62 Å². The molecule has 2 heterocycles. The van der Waals surface area contributed by atoms with Crippen molar-refractivity contribution < 1.29 is 31.5 Å². The minimum Gasteiger partial charge on any atom is -0.474 e. The van der Waals surface area contributed by atoms with Crippen molar-refractivity contribution in [2.24, 2.45) is 0 Å². The smallest absolute Gasteiger partial charge is 0.414 e. The summed E-state index contributed by atoms with van der Waals surface area (Å²) in [6.45, 7) is 0.857. The maximum Gasteiger partial charge on any atom is 0.414 e. The van der Waals surface area contributed by atoms with E-state index in [-0.39, 0.29) is 55.8 Å². The molecule has 1 aromatic carbocycles. The molecule has 2 fully saturated rings. The molecule has 9 nitrogen and oxygen atoms in total. The molecule has 0 unspecified atom stereocenters. The average Bonchev–Trinajstić information content (AvgIpc) is 3.06. The summed E-state index contributed by atoms with van der Waals surface area (Å²) in [7, 11) is -1.95. The standard InChI is InChI=1S/C17H22F2N4O5S2/c1-27-16(29)20-9-12-10-23(17(24)28-12)11-7-13(18)15(14(19)8-11)21-3-5-22(6-4-21)30(2,25)26/h7-8,12H,3-6,9-10H2,1-2H3,(H,20,29)/t12-/m0/s1. The highest BCUT2D eigenvalue weighted by Crippen LogP contribution is 2.31. The van der Waals surface area contributed by atoms with Crippen molar-refractivity contribution in [3.05, 3.63) is 23.8 Å². The fraction of sp³-hybridized carbons (Fsp3) is 0.529. The fourth-order valence-electron chi connectivity index (χ4n) is 3.36. The van der Waals surface area contributed by atoms with Gasteiger partial charge in [0.2, 0.25) is 10.0 Å². The van der Waals surface area contributed by atoms with Gasteiger partial charge in [-0.05, 0) is 12.2 Å². The first-order valence-electron chi connectivity index (χ1n) is 9.09. The number of hydrogen-bond acceptors (Lipinski definition) is 7. The number of nitrogens with one attached hydrogen (secondary N) is 1. The largest absolute Gasteiger partial charge is 0.474 e. The molecule has 0 bridgehead atoms. The highest BCUT2D eigenvalue weighted by Gasteiger charge is 2.34. The third-order valence-electron chi connectivity index (χ3n) is 4.87. The number of hydrogen-bond donors (Lipinski definition) is 1. The van der Waals surface area contributed by atoms with Crippen LogP contribution in [0.1, 0.15) is 0 Å². The summed E-state index contributed by atoms with van der Waals surface area (Å²) in [5.41, 5.74) is -0.214. The van der Waals surface area contributed by atoms with Crippen molar-refractivity contribution in [3.8, 4) is 0 Å². The van der Waals surface area contributed by atoms with Gasteiger partial charge in [-0.3, -0.25) is 4.90 Å². The van der Waals surface area contributed by atoms with Crippen molar-refractivity contribution >= 4 is 44.9 Å². The molecule has 0 aliphatic carbocycles. The van der Waals surface area contributed by atoms with Crippen molar-refractivity contribution in [3.63, 3.8) is 0 Å². The van der Waals surface area contributed by atoms with Crippen LogP contribution in [-0.2, 0) is 19.5 Å². The summed E-state index contributed by atoms with van der Waals surface area (Å²) in [4.78, 5) is 14.7. The molecule has 13 heteroatoms. The number of sulfonamides is 1. The molecular weight excluding hydrogens is 442 g/mol. The van der Waals surface area contributed by atoms with Crippen LogP contribution in [0.3, 0.4) is 0 Å². The maximum absolute atomic E-state index is 14.8. The summed E-state index contributed by atoms with van der Waals surface area (Å²) in [6.07, 6.45) is -0.196. The average molecular weight is 465 g/mol. The Kier molecular flexibility index (Phi) is 6.62. The van der Waals surface area contributed by atoms with Crippen LogP contribution >= 0.6 is 12.2 Å². The molecule has 0 aromatic heterocycles. The Bertz CT molecular complexity index is 915. The number of amides is 1. The highest BCUT2D eigenvalue weighted by atomic mass is 32.2. The Morgan fingerprint density at radius 3 is 2.40 bits per heavy atom. The normalized spacial score (nSPS) is 20.3. The van der Waals surface area contributed by atoms with Gasteiger partial charge < -0.3 is 19.7 Å². The Hall–Kier alpha value is -2.25. The number of thiocarbonyl (C=S) groups is 1. The van der Waals surface area contributed by atoms with E-state index < -0.39 is 33.9 Å². The molecule has 0 radical (unpaired) electrons. The lowest BCUT2D eigenvalue weighted by molar-refractivity contribution is 0.142. The maximum atomic E-state index is 14.8. The van der Waals surface area contributed by atoms with Crippen LogP contribution in [0, 0.1) is 11.6 Å². The Morgan fingerprint density at radius 1 is 1.27 bits per heavy atom. The highest BCUT2D eigenvalue weighted by molar-refractivity contribution is 7.88. The van der Waals surface area contributed by atoms with Gasteiger partial charge in [-0.2, -0.15) is 4.31 Å². The monoisotopic (exact) mass is 464 g/mol. The van der Waals surface area contributed by atoms with E-state index in [0.717, 1.165) is 23.3 Å². The summed E-state index contributed by atoms with van der Waals surface area (Å²) in [6, 6.07) is 2.14. The second-order valence-electron chi connectivity index (χ2n) is 6.90. The molecule has 1 aromatic rings. The number of cyclic esters (lactones) is 1. The Balaban J connectivity index is 1.71. The molecule has 0 saturated carbocycles. The Labute approximate surface area is 178 Å². The van der Waals surface area contributed by atoms with Gasteiger partial charge >= 0.3 is 6.09 Å². The Morgan fingerprint density at radius 2 is 1.87 bits per heavy atom. The van der Waals surface area contributed by atoms with E-state index >= 15 is 0 Å². The number of carbonyl (C=O) groups is 1. The summed E-state index contributed by atoms with van der Waals surface area (Å²) in [5.74, 6) is -1.68. The fourth-order valence-corrected chi connectivity index (χ4v) is 4.27. The molecule has 2 aliphatic rings. The molecule has 1 amide bonds. The van der Waals surface area contributed by atoms with E-state index in [0.29, 0.717) is 0 Å². The minimum absolute atomic E-state index is 0.0327.